The van der Waals surface area contributed by atoms with Gasteiger partial charge in [0.1, 0.15) is 0 Å². The van der Waals surface area contributed by atoms with E-state index in [0.29, 0.717) is 0 Å². The normalized spacial score (nSPS) is 11.0. The fourth-order valence-corrected chi connectivity index (χ4v) is 0.340. The molecule has 0 saturated carbocycles. The summed E-state index contributed by atoms with van der Waals surface area (Å²) in [5.41, 5.74) is 0. The molecule has 0 amide bonds. The van der Waals surface area contributed by atoms with Crippen molar-refractivity contribution in [3.8, 4) is 0 Å². The number of hydrogen-bond acceptors (Lipinski definition) is 0. The minimum absolute atomic E-state index is 0. The molecule has 0 aromatic carbocycles. The number of rotatable bonds is 0. The second kappa shape index (κ2) is 10.1. The first-order valence-corrected chi connectivity index (χ1v) is 1.72. The molecule has 1 aliphatic rings. The van der Waals surface area contributed by atoms with Gasteiger partial charge in [-0.3, -0.25) is 6.08 Å². The molecule has 0 aliphatic heterocycles. The summed E-state index contributed by atoms with van der Waals surface area (Å²) >= 11 is 0. The van der Waals surface area contributed by atoms with Gasteiger partial charge in [-0.05, 0) is 0 Å². The van der Waals surface area contributed by atoms with E-state index in [1.54, 1.807) is 0 Å². The summed E-state index contributed by atoms with van der Waals surface area (Å²) < 4.78 is 0. The molecule has 0 fully saturated rings. The van der Waals surface area contributed by atoms with Crippen LogP contribution < -0.4 is 0 Å². The Bertz CT molecular complexity index is 62.5. The van der Waals surface area contributed by atoms with Crippen LogP contribution in [0.4, 0.5) is 0 Å². The van der Waals surface area contributed by atoms with Crippen molar-refractivity contribution in [2.75, 3.05) is 0 Å². The van der Waals surface area contributed by atoms with Crippen molar-refractivity contribution in [2.24, 2.45) is 0 Å². The van der Waals surface area contributed by atoms with Crippen LogP contribution >= 0.6 is 0 Å². The molecule has 0 aromatic rings. The molecule has 1 rings (SSSR count). The molecule has 46 valence electrons. The Hall–Kier alpha value is -0.000519. The van der Waals surface area contributed by atoms with Crippen molar-refractivity contribution in [1.82, 2.24) is 0 Å². The van der Waals surface area contributed by atoms with E-state index in [4.69, 9.17) is 0 Å². The van der Waals surface area contributed by atoms with Crippen molar-refractivity contribution in [3.63, 3.8) is 0 Å². The minimum atomic E-state index is 0. The molecule has 8 heavy (non-hydrogen) atoms. The van der Waals surface area contributed by atoms with Crippen LogP contribution in [0.5, 0.6) is 0 Å². The van der Waals surface area contributed by atoms with Crippen LogP contribution in [-0.2, 0) is 17.1 Å². The second-order valence-electron chi connectivity index (χ2n) is 1.00. The van der Waals surface area contributed by atoms with Gasteiger partial charge in [-0.1, -0.05) is 0 Å². The molecule has 0 atom stereocenters. The average molecular weight is 150 g/mol. The largest absolute Gasteiger partial charge is 3.00 e. The third-order valence-corrected chi connectivity index (χ3v) is 0.586. The third kappa shape index (κ3) is 6.00. The molecular weight excluding hydrogens is 139 g/mol. The molecule has 1 heteroatoms. The van der Waals surface area contributed by atoms with E-state index in [1.165, 1.54) is 0 Å². The van der Waals surface area contributed by atoms with E-state index >= 15 is 0 Å². The van der Waals surface area contributed by atoms with Crippen molar-refractivity contribution in [1.29, 1.82) is 0 Å². The van der Waals surface area contributed by atoms with Gasteiger partial charge >= 0.3 is 17.1 Å². The van der Waals surface area contributed by atoms with Gasteiger partial charge in [-0.2, -0.15) is 6.08 Å². The van der Waals surface area contributed by atoms with Gasteiger partial charge in [0.15, 0.2) is 0 Å². The maximum Gasteiger partial charge on any atom is 3.00 e. The Morgan fingerprint density at radius 1 is 1.25 bits per heavy atom. The van der Waals surface area contributed by atoms with Gasteiger partial charge in [0.25, 0.3) is 0 Å². The van der Waals surface area contributed by atoms with Crippen LogP contribution in [0.2, 0.25) is 0 Å². The smallest absolute Gasteiger partial charge is 0.358 e. The second-order valence-corrected chi connectivity index (χ2v) is 1.00. The van der Waals surface area contributed by atoms with Crippen LogP contribution in [0.1, 0.15) is 6.42 Å². The van der Waals surface area contributed by atoms with Crippen molar-refractivity contribution >= 4 is 0 Å². The maximum atomic E-state index is 2.99. The van der Waals surface area contributed by atoms with Crippen molar-refractivity contribution in [3.05, 3.63) is 39.2 Å². The zero-order valence-electron chi connectivity index (χ0n) is 5.32. The van der Waals surface area contributed by atoms with Gasteiger partial charge in [0.2, 0.25) is 0 Å². The predicted molar refractivity (Wildman–Crippen MR) is 34.4 cm³/mol. The fraction of sp³-hybridized carbons (Fsp3) is 0.143. The summed E-state index contributed by atoms with van der Waals surface area (Å²) in [5.74, 6) is 0. The van der Waals surface area contributed by atoms with Gasteiger partial charge in [0.05, 0.1) is 0 Å². The summed E-state index contributed by atoms with van der Waals surface area (Å²) in [6.07, 6.45) is 10.0. The molecule has 0 spiro atoms. The molecule has 1 aliphatic carbocycles. The van der Waals surface area contributed by atoms with Gasteiger partial charge in [0, 0.05) is 0 Å². The van der Waals surface area contributed by atoms with Crippen LogP contribution in [0.25, 0.3) is 0 Å². The summed E-state index contributed by atoms with van der Waals surface area (Å²) in [4.78, 5) is 0. The molecule has 0 nitrogen and oxygen atoms in total. The molecule has 0 aromatic heterocycles. The van der Waals surface area contributed by atoms with E-state index in [2.05, 4.69) is 12.2 Å². The first kappa shape index (κ1) is 15.7. The molecule has 0 N–H and O–H groups in total. The zero-order valence-corrected chi connectivity index (χ0v) is 6.50. The maximum absolute atomic E-state index is 2.99. The van der Waals surface area contributed by atoms with Crippen LogP contribution in [0, 0.1) is 20.9 Å². The van der Waals surface area contributed by atoms with E-state index in [0.717, 1.165) is 6.42 Å². The van der Waals surface area contributed by atoms with E-state index in [9.17, 15) is 0 Å². The Morgan fingerprint density at radius 3 is 2.00 bits per heavy atom. The first-order chi connectivity index (χ1) is 2.50. The summed E-state index contributed by atoms with van der Waals surface area (Å²) in [7, 11) is 0. The Labute approximate surface area is 63.2 Å². The Kier molecular flexibility index (Phi) is 19.8. The van der Waals surface area contributed by atoms with Gasteiger partial charge < -0.3 is 14.9 Å². The molecule has 0 radical (unpaired) electrons. The van der Waals surface area contributed by atoms with Crippen LogP contribution in [0.3, 0.4) is 0 Å². The molecule has 0 heterocycles. The minimum Gasteiger partial charge on any atom is -0.358 e. The monoisotopic (exact) mass is 150 g/mol. The van der Waals surface area contributed by atoms with Crippen LogP contribution in [0.15, 0.2) is 18.2 Å². The van der Waals surface area contributed by atoms with Gasteiger partial charge in [-0.15, -0.1) is 6.42 Å². The third-order valence-electron chi connectivity index (χ3n) is 0.586. The predicted octanol–water partition coefficient (Wildman–Crippen LogP) is 2.20. The summed E-state index contributed by atoms with van der Waals surface area (Å²) in [6.45, 7) is 0. The number of hydrogen-bond donors (Lipinski definition) is 0. The quantitative estimate of drug-likeness (QED) is 0.367. The first-order valence-electron chi connectivity index (χ1n) is 1.72. The topological polar surface area (TPSA) is 0 Å². The Morgan fingerprint density at radius 2 is 1.88 bits per heavy atom. The fourth-order valence-electron chi connectivity index (χ4n) is 0.340. The van der Waals surface area contributed by atoms with Gasteiger partial charge in [-0.25, -0.2) is 12.2 Å². The molecule has 0 bridgehead atoms. The summed E-state index contributed by atoms with van der Waals surface area (Å²) in [6, 6.07) is 0. The average Bonchev–Trinajstić information content (AvgIpc) is 1.76. The number of allylic oxidation sites excluding steroid dienone is 4. The molecule has 0 unspecified atom stereocenters. The van der Waals surface area contributed by atoms with E-state index < -0.39 is 0 Å². The van der Waals surface area contributed by atoms with E-state index in [1.807, 2.05) is 12.2 Å². The SMILES string of the molecule is [C-]1=CC=CC1.[CH3-].[CH3-].[Mn+3]. The zero-order chi connectivity index (χ0) is 3.54. The van der Waals surface area contributed by atoms with Crippen LogP contribution in [-0.4, -0.2) is 0 Å². The standard InChI is InChI=1S/C5H5.2CH3.Mn/c1-2-4-5-3-1;;;/h1-3H,4H2;2*1H3;/q3*-1;+3. The van der Waals surface area contributed by atoms with Crippen molar-refractivity contribution in [2.45, 2.75) is 6.42 Å². The molecular formula is C7H11Mn. The van der Waals surface area contributed by atoms with E-state index in [-0.39, 0.29) is 31.9 Å². The summed E-state index contributed by atoms with van der Waals surface area (Å²) in [5, 5.41) is 0. The Balaban J connectivity index is -0.0000000833. The molecule has 0 saturated heterocycles. The van der Waals surface area contributed by atoms with Crippen molar-refractivity contribution < 1.29 is 17.1 Å².